The van der Waals surface area contributed by atoms with Crippen molar-refractivity contribution >= 4 is 41.7 Å². The molecule has 2 rings (SSSR count). The van der Waals surface area contributed by atoms with Gasteiger partial charge in [-0.2, -0.15) is 0 Å². The number of thioether (sulfide) groups is 1. The van der Waals surface area contributed by atoms with Crippen molar-refractivity contribution in [3.8, 4) is 0 Å². The van der Waals surface area contributed by atoms with Gasteiger partial charge in [-0.1, -0.05) is 25.1 Å². The fourth-order valence-electron chi connectivity index (χ4n) is 1.88. The number of rotatable bonds is 4. The van der Waals surface area contributed by atoms with Crippen LogP contribution in [-0.2, 0) is 4.74 Å². The van der Waals surface area contributed by atoms with E-state index in [1.165, 1.54) is 4.90 Å². The molecule has 0 bridgehead atoms. The minimum atomic E-state index is 0. The van der Waals surface area contributed by atoms with Gasteiger partial charge >= 0.3 is 0 Å². The largest absolute Gasteiger partial charge is 0.378 e. The van der Waals surface area contributed by atoms with Gasteiger partial charge in [0.2, 0.25) is 0 Å². The van der Waals surface area contributed by atoms with E-state index >= 15 is 0 Å². The van der Waals surface area contributed by atoms with Gasteiger partial charge in [0.1, 0.15) is 0 Å². The number of ether oxygens (including phenoxy) is 1. The number of hydrogen-bond donors (Lipinski definition) is 1. The van der Waals surface area contributed by atoms with Gasteiger partial charge in [0, 0.05) is 23.2 Å². The summed E-state index contributed by atoms with van der Waals surface area (Å²) in [5, 5.41) is 0.419. The monoisotopic (exact) mass is 407 g/mol. The lowest BCUT2D eigenvalue weighted by molar-refractivity contribution is 0.0674. The first-order valence-electron chi connectivity index (χ1n) is 6.60. The van der Waals surface area contributed by atoms with Crippen molar-refractivity contribution in [3.05, 3.63) is 30.3 Å². The standard InChI is InChI=1S/C14H21N3OS.HI/c1-12(19-13-5-3-2-4-6-13)11-16-14(15)17-7-9-18-10-8-17;/h2-6,12H,7-11H2,1H3,(H2,15,16);1H. The number of morpholine rings is 1. The van der Waals surface area contributed by atoms with Gasteiger partial charge in [-0.3, -0.25) is 4.99 Å². The van der Waals surface area contributed by atoms with Gasteiger partial charge in [0.15, 0.2) is 5.96 Å². The Bertz CT molecular complexity index is 410. The molecule has 0 amide bonds. The van der Waals surface area contributed by atoms with E-state index in [1.54, 1.807) is 0 Å². The van der Waals surface area contributed by atoms with E-state index in [9.17, 15) is 0 Å². The van der Waals surface area contributed by atoms with Gasteiger partial charge in [-0.05, 0) is 12.1 Å². The normalized spacial score (nSPS) is 17.4. The number of nitrogens with two attached hydrogens (primary N) is 1. The van der Waals surface area contributed by atoms with Crippen molar-refractivity contribution in [2.24, 2.45) is 10.7 Å². The smallest absolute Gasteiger partial charge is 0.191 e. The predicted octanol–water partition coefficient (Wildman–Crippen LogP) is 2.43. The van der Waals surface area contributed by atoms with Crippen LogP contribution >= 0.6 is 35.7 Å². The molecule has 1 aromatic carbocycles. The molecular formula is C14H22IN3OS. The highest BCUT2D eigenvalue weighted by atomic mass is 127. The van der Waals surface area contributed by atoms with Crippen LogP contribution in [0.5, 0.6) is 0 Å². The quantitative estimate of drug-likeness (QED) is 0.361. The second-order valence-electron chi connectivity index (χ2n) is 4.54. The summed E-state index contributed by atoms with van der Waals surface area (Å²) >= 11 is 1.83. The van der Waals surface area contributed by atoms with E-state index < -0.39 is 0 Å². The molecule has 6 heteroatoms. The van der Waals surface area contributed by atoms with Crippen molar-refractivity contribution in [1.29, 1.82) is 0 Å². The molecule has 4 nitrogen and oxygen atoms in total. The third-order valence-corrected chi connectivity index (χ3v) is 4.02. The lowest BCUT2D eigenvalue weighted by Gasteiger charge is -2.27. The average Bonchev–Trinajstić information content (AvgIpc) is 2.47. The van der Waals surface area contributed by atoms with E-state index in [2.05, 4.69) is 41.1 Å². The molecule has 1 atom stereocenters. The molecule has 1 aromatic rings. The van der Waals surface area contributed by atoms with Crippen LogP contribution in [0.4, 0.5) is 0 Å². The Balaban J connectivity index is 0.00000200. The summed E-state index contributed by atoms with van der Waals surface area (Å²) < 4.78 is 5.30. The average molecular weight is 407 g/mol. The Morgan fingerprint density at radius 2 is 2.00 bits per heavy atom. The van der Waals surface area contributed by atoms with Crippen LogP contribution < -0.4 is 5.73 Å². The van der Waals surface area contributed by atoms with Gasteiger partial charge in [0.05, 0.1) is 19.8 Å². The molecule has 2 N–H and O–H groups in total. The van der Waals surface area contributed by atoms with Crippen LogP contribution in [0.15, 0.2) is 40.2 Å². The SMILES string of the molecule is CC(CN=C(N)N1CCOCC1)Sc1ccccc1.I. The number of nitrogens with zero attached hydrogens (tertiary/aromatic N) is 2. The lowest BCUT2D eigenvalue weighted by atomic mass is 10.4. The molecule has 112 valence electrons. The topological polar surface area (TPSA) is 50.8 Å². The van der Waals surface area contributed by atoms with Gasteiger partial charge in [-0.15, -0.1) is 35.7 Å². The number of guanidine groups is 1. The highest BCUT2D eigenvalue weighted by molar-refractivity contribution is 14.0. The molecule has 0 aliphatic carbocycles. The molecule has 1 saturated heterocycles. The van der Waals surface area contributed by atoms with E-state index in [0.29, 0.717) is 11.2 Å². The fourth-order valence-corrected chi connectivity index (χ4v) is 2.81. The predicted molar refractivity (Wildman–Crippen MR) is 96.1 cm³/mol. The molecule has 1 fully saturated rings. The Kier molecular flexibility index (Phi) is 8.32. The maximum Gasteiger partial charge on any atom is 0.191 e. The summed E-state index contributed by atoms with van der Waals surface area (Å²) in [6.45, 7) is 6.08. The summed E-state index contributed by atoms with van der Waals surface area (Å²) in [4.78, 5) is 7.85. The molecule has 0 saturated carbocycles. The van der Waals surface area contributed by atoms with Crippen molar-refractivity contribution < 1.29 is 4.74 Å². The third kappa shape index (κ3) is 5.88. The van der Waals surface area contributed by atoms with E-state index in [1.807, 2.05) is 17.8 Å². The fraction of sp³-hybridized carbons (Fsp3) is 0.500. The van der Waals surface area contributed by atoms with Crippen molar-refractivity contribution in [2.45, 2.75) is 17.1 Å². The van der Waals surface area contributed by atoms with Crippen LogP contribution in [0.1, 0.15) is 6.92 Å². The van der Waals surface area contributed by atoms with Gasteiger partial charge < -0.3 is 15.4 Å². The van der Waals surface area contributed by atoms with E-state index in [-0.39, 0.29) is 24.0 Å². The molecule has 0 spiro atoms. The molecular weight excluding hydrogens is 385 g/mol. The highest BCUT2D eigenvalue weighted by Gasteiger charge is 2.12. The number of hydrogen-bond acceptors (Lipinski definition) is 3. The molecule has 20 heavy (non-hydrogen) atoms. The molecule has 1 heterocycles. The highest BCUT2D eigenvalue weighted by Crippen LogP contribution is 2.22. The van der Waals surface area contributed by atoms with Crippen LogP contribution in [0.3, 0.4) is 0 Å². The molecule has 1 unspecified atom stereocenters. The molecule has 1 aliphatic heterocycles. The van der Waals surface area contributed by atoms with E-state index in [4.69, 9.17) is 10.5 Å². The van der Waals surface area contributed by atoms with Crippen LogP contribution in [0.25, 0.3) is 0 Å². The number of benzene rings is 1. The van der Waals surface area contributed by atoms with Crippen molar-refractivity contribution in [1.82, 2.24) is 4.90 Å². The number of halogens is 1. The maximum atomic E-state index is 6.00. The second-order valence-corrected chi connectivity index (χ2v) is 6.05. The van der Waals surface area contributed by atoms with Gasteiger partial charge in [-0.25, -0.2) is 0 Å². The Morgan fingerprint density at radius 3 is 2.65 bits per heavy atom. The zero-order chi connectivity index (χ0) is 13.5. The third-order valence-electron chi connectivity index (χ3n) is 2.93. The zero-order valence-corrected chi connectivity index (χ0v) is 14.8. The van der Waals surface area contributed by atoms with Crippen molar-refractivity contribution in [2.75, 3.05) is 32.8 Å². The summed E-state index contributed by atoms with van der Waals surface area (Å²) in [5.74, 6) is 0.642. The molecule has 0 radical (unpaired) electrons. The summed E-state index contributed by atoms with van der Waals surface area (Å²) in [5.41, 5.74) is 6.00. The number of aliphatic imine (C=N–C) groups is 1. The van der Waals surface area contributed by atoms with Gasteiger partial charge in [0.25, 0.3) is 0 Å². The van der Waals surface area contributed by atoms with E-state index in [0.717, 1.165) is 32.8 Å². The first-order chi connectivity index (χ1) is 9.25. The molecule has 1 aliphatic rings. The Morgan fingerprint density at radius 1 is 1.35 bits per heavy atom. The maximum absolute atomic E-state index is 6.00. The Hall–Kier alpha value is -0.470. The molecule has 0 aromatic heterocycles. The van der Waals surface area contributed by atoms with Crippen LogP contribution in [-0.4, -0.2) is 49.0 Å². The first-order valence-corrected chi connectivity index (χ1v) is 7.48. The van der Waals surface area contributed by atoms with Crippen LogP contribution in [0.2, 0.25) is 0 Å². The lowest BCUT2D eigenvalue weighted by Crippen LogP contribution is -2.45. The first kappa shape index (κ1) is 17.6. The minimum absolute atomic E-state index is 0. The van der Waals surface area contributed by atoms with Crippen molar-refractivity contribution in [3.63, 3.8) is 0 Å². The zero-order valence-electron chi connectivity index (χ0n) is 11.7. The summed E-state index contributed by atoms with van der Waals surface area (Å²) in [7, 11) is 0. The minimum Gasteiger partial charge on any atom is -0.378 e. The second kappa shape index (κ2) is 9.46. The Labute approximate surface area is 142 Å². The summed E-state index contributed by atoms with van der Waals surface area (Å²) in [6.07, 6.45) is 0. The summed E-state index contributed by atoms with van der Waals surface area (Å²) in [6, 6.07) is 10.4. The van der Waals surface area contributed by atoms with Crippen LogP contribution in [0, 0.1) is 0 Å².